The summed E-state index contributed by atoms with van der Waals surface area (Å²) in [6.45, 7) is 5.24. The van der Waals surface area contributed by atoms with Crippen LogP contribution in [-0.2, 0) is 13.2 Å². The maximum atomic E-state index is 12.8. The highest BCUT2D eigenvalue weighted by atomic mass is 35.5. The number of piperazine rings is 1. The van der Waals surface area contributed by atoms with Crippen LogP contribution in [0.5, 0.6) is 5.75 Å². The summed E-state index contributed by atoms with van der Waals surface area (Å²) in [6.07, 6.45) is 0. The Bertz CT molecular complexity index is 1140. The number of hydrogen-bond acceptors (Lipinski definition) is 5. The molecule has 8 heteroatoms. The zero-order valence-electron chi connectivity index (χ0n) is 18.2. The third-order valence-electron chi connectivity index (χ3n) is 5.56. The molecule has 1 aromatic heterocycles. The van der Waals surface area contributed by atoms with E-state index in [2.05, 4.69) is 4.90 Å². The van der Waals surface area contributed by atoms with Gasteiger partial charge >= 0.3 is 0 Å². The molecule has 4 rings (SSSR count). The number of ketones is 1. The fourth-order valence-corrected chi connectivity index (χ4v) is 3.99. The molecule has 6 nitrogen and oxygen atoms in total. The minimum atomic E-state index is -0.124. The lowest BCUT2D eigenvalue weighted by Crippen LogP contribution is -2.48. The quantitative estimate of drug-likeness (QED) is 0.422. The number of amides is 1. The van der Waals surface area contributed by atoms with Crippen LogP contribution in [0.2, 0.25) is 10.0 Å². The van der Waals surface area contributed by atoms with Gasteiger partial charge in [0.25, 0.3) is 5.91 Å². The Morgan fingerprint density at radius 2 is 1.67 bits per heavy atom. The predicted octanol–water partition coefficient (Wildman–Crippen LogP) is 5.33. The van der Waals surface area contributed by atoms with Crippen molar-refractivity contribution in [2.24, 2.45) is 0 Å². The summed E-state index contributed by atoms with van der Waals surface area (Å²) < 4.78 is 11.4. The average Bonchev–Trinajstić information content (AvgIpc) is 3.29. The number of halogens is 2. The third kappa shape index (κ3) is 5.96. The molecule has 0 radical (unpaired) electrons. The second-order valence-electron chi connectivity index (χ2n) is 7.95. The van der Waals surface area contributed by atoms with Crippen LogP contribution in [0.15, 0.2) is 59.0 Å². The van der Waals surface area contributed by atoms with E-state index in [-0.39, 0.29) is 18.3 Å². The summed E-state index contributed by atoms with van der Waals surface area (Å²) in [4.78, 5) is 28.3. The van der Waals surface area contributed by atoms with Gasteiger partial charge in [-0.25, -0.2) is 0 Å². The van der Waals surface area contributed by atoms with E-state index in [1.54, 1.807) is 47.4 Å². The van der Waals surface area contributed by atoms with E-state index in [4.69, 9.17) is 32.4 Å². The SMILES string of the molecule is CC(=O)c1ccc(OCc2ccc(C(=O)N3CCN(Cc4ccc(Cl)c(Cl)c4)CC3)o2)cc1. The monoisotopic (exact) mass is 486 g/mol. The topological polar surface area (TPSA) is 63.0 Å². The normalized spacial score (nSPS) is 14.3. The Morgan fingerprint density at radius 3 is 2.33 bits per heavy atom. The van der Waals surface area contributed by atoms with Gasteiger partial charge in [-0.2, -0.15) is 0 Å². The minimum Gasteiger partial charge on any atom is -0.486 e. The van der Waals surface area contributed by atoms with Gasteiger partial charge in [0.15, 0.2) is 11.5 Å². The van der Waals surface area contributed by atoms with Crippen molar-refractivity contribution >= 4 is 34.9 Å². The van der Waals surface area contributed by atoms with Crippen molar-refractivity contribution in [3.63, 3.8) is 0 Å². The second kappa shape index (κ2) is 10.4. The summed E-state index contributed by atoms with van der Waals surface area (Å²) in [6, 6.07) is 16.0. The first-order valence-corrected chi connectivity index (χ1v) is 11.4. The zero-order chi connectivity index (χ0) is 23.4. The molecular formula is C25H24Cl2N2O4. The molecule has 0 aliphatic carbocycles. The summed E-state index contributed by atoms with van der Waals surface area (Å²) in [5.41, 5.74) is 1.72. The van der Waals surface area contributed by atoms with E-state index >= 15 is 0 Å². The van der Waals surface area contributed by atoms with Crippen LogP contribution in [0.1, 0.15) is 39.2 Å². The molecule has 3 aromatic rings. The number of carbonyl (C=O) groups excluding carboxylic acids is 2. The lowest BCUT2D eigenvalue weighted by Gasteiger charge is -2.34. The maximum Gasteiger partial charge on any atom is 0.289 e. The summed E-state index contributed by atoms with van der Waals surface area (Å²) in [5.74, 6) is 1.38. The van der Waals surface area contributed by atoms with E-state index in [0.29, 0.717) is 46.0 Å². The Labute approximate surface area is 202 Å². The minimum absolute atomic E-state index is 0.00551. The van der Waals surface area contributed by atoms with E-state index in [1.165, 1.54) is 6.92 Å². The Balaban J connectivity index is 1.27. The van der Waals surface area contributed by atoms with E-state index < -0.39 is 0 Å². The van der Waals surface area contributed by atoms with Gasteiger partial charge in [-0.15, -0.1) is 0 Å². The number of Topliss-reactive ketones (excluding diaryl/α,β-unsaturated/α-hetero) is 1. The van der Waals surface area contributed by atoms with Crippen molar-refractivity contribution in [3.05, 3.63) is 87.3 Å². The molecule has 1 amide bonds. The molecule has 1 aliphatic rings. The molecular weight excluding hydrogens is 463 g/mol. The molecule has 1 aliphatic heterocycles. The van der Waals surface area contributed by atoms with Crippen LogP contribution in [0.3, 0.4) is 0 Å². The molecule has 172 valence electrons. The largest absolute Gasteiger partial charge is 0.486 e. The fourth-order valence-electron chi connectivity index (χ4n) is 3.67. The maximum absolute atomic E-state index is 12.8. The van der Waals surface area contributed by atoms with Crippen LogP contribution in [0.4, 0.5) is 0 Å². The first-order chi connectivity index (χ1) is 15.9. The molecule has 0 N–H and O–H groups in total. The number of hydrogen-bond donors (Lipinski definition) is 0. The highest BCUT2D eigenvalue weighted by molar-refractivity contribution is 6.42. The number of ether oxygens (including phenoxy) is 1. The van der Waals surface area contributed by atoms with E-state index in [9.17, 15) is 9.59 Å². The Hall–Kier alpha value is -2.80. The smallest absolute Gasteiger partial charge is 0.289 e. The predicted molar refractivity (Wildman–Crippen MR) is 127 cm³/mol. The van der Waals surface area contributed by atoms with Crippen molar-refractivity contribution in [1.29, 1.82) is 0 Å². The Kier molecular flexibility index (Phi) is 7.38. The van der Waals surface area contributed by atoms with Crippen molar-refractivity contribution in [2.75, 3.05) is 26.2 Å². The molecule has 0 bridgehead atoms. The summed E-state index contributed by atoms with van der Waals surface area (Å²) >= 11 is 12.1. The Morgan fingerprint density at radius 1 is 0.939 bits per heavy atom. The highest BCUT2D eigenvalue weighted by Gasteiger charge is 2.24. The third-order valence-corrected chi connectivity index (χ3v) is 6.30. The van der Waals surface area contributed by atoms with Crippen LogP contribution in [0, 0.1) is 0 Å². The van der Waals surface area contributed by atoms with Crippen molar-refractivity contribution in [3.8, 4) is 5.75 Å². The first kappa shape index (κ1) is 23.4. The molecule has 33 heavy (non-hydrogen) atoms. The lowest BCUT2D eigenvalue weighted by molar-refractivity contribution is 0.0594. The summed E-state index contributed by atoms with van der Waals surface area (Å²) in [7, 11) is 0. The standard InChI is InChI=1S/C25H24Cl2N2O4/c1-17(30)19-3-5-20(6-4-19)32-16-21-7-9-24(33-21)25(31)29-12-10-28(11-13-29)15-18-2-8-22(26)23(27)14-18/h2-9,14H,10-13,15-16H2,1H3. The lowest BCUT2D eigenvalue weighted by atomic mass is 10.1. The molecule has 0 unspecified atom stereocenters. The summed E-state index contributed by atoms with van der Waals surface area (Å²) in [5, 5.41) is 1.10. The molecule has 0 saturated carbocycles. The van der Waals surface area contributed by atoms with Gasteiger partial charge in [0.2, 0.25) is 0 Å². The average molecular weight is 487 g/mol. The molecule has 2 heterocycles. The molecule has 0 atom stereocenters. The van der Waals surface area contributed by atoms with Crippen molar-refractivity contribution in [1.82, 2.24) is 9.80 Å². The van der Waals surface area contributed by atoms with Gasteiger partial charge in [-0.1, -0.05) is 29.3 Å². The van der Waals surface area contributed by atoms with E-state index in [1.807, 2.05) is 12.1 Å². The van der Waals surface area contributed by atoms with Gasteiger partial charge in [-0.3, -0.25) is 14.5 Å². The number of carbonyl (C=O) groups is 2. The van der Waals surface area contributed by atoms with Crippen molar-refractivity contribution < 1.29 is 18.7 Å². The molecule has 2 aromatic carbocycles. The van der Waals surface area contributed by atoms with Gasteiger partial charge in [-0.05, 0) is 61.0 Å². The van der Waals surface area contributed by atoms with Crippen LogP contribution in [-0.4, -0.2) is 47.7 Å². The number of rotatable bonds is 7. The number of benzene rings is 2. The van der Waals surface area contributed by atoms with Gasteiger partial charge < -0.3 is 14.1 Å². The van der Waals surface area contributed by atoms with Gasteiger partial charge in [0, 0.05) is 38.3 Å². The van der Waals surface area contributed by atoms with Crippen LogP contribution < -0.4 is 4.74 Å². The first-order valence-electron chi connectivity index (χ1n) is 10.7. The second-order valence-corrected chi connectivity index (χ2v) is 8.77. The van der Waals surface area contributed by atoms with Crippen LogP contribution in [0.25, 0.3) is 0 Å². The van der Waals surface area contributed by atoms with E-state index in [0.717, 1.165) is 25.2 Å². The number of nitrogens with zero attached hydrogens (tertiary/aromatic N) is 2. The van der Waals surface area contributed by atoms with Gasteiger partial charge in [0.05, 0.1) is 10.0 Å². The molecule has 1 saturated heterocycles. The molecule has 0 spiro atoms. The van der Waals surface area contributed by atoms with Gasteiger partial charge in [0.1, 0.15) is 18.1 Å². The number of furan rings is 1. The molecule has 1 fully saturated rings. The fraction of sp³-hybridized carbons (Fsp3) is 0.280. The van der Waals surface area contributed by atoms with Crippen molar-refractivity contribution in [2.45, 2.75) is 20.1 Å². The zero-order valence-corrected chi connectivity index (χ0v) is 19.7. The van der Waals surface area contributed by atoms with Crippen LogP contribution >= 0.6 is 23.2 Å². The highest BCUT2D eigenvalue weighted by Crippen LogP contribution is 2.24.